The number of methoxy groups -OCH3 is 1. The van der Waals surface area contributed by atoms with Crippen molar-refractivity contribution in [3.63, 3.8) is 0 Å². The summed E-state index contributed by atoms with van der Waals surface area (Å²) in [4.78, 5) is 4.67. The zero-order chi connectivity index (χ0) is 18.9. The first-order valence-corrected chi connectivity index (χ1v) is 8.82. The molecule has 5 N–H and O–H groups in total. The maximum absolute atomic E-state index is 10.8. The largest absolute Gasteiger partial charge is 0.394 e. The van der Waals surface area contributed by atoms with E-state index in [-0.39, 0.29) is 19.1 Å². The number of aliphatic hydroxyl groups is 3. The van der Waals surface area contributed by atoms with Crippen LogP contribution in [0.25, 0.3) is 0 Å². The molecule has 0 aromatic heterocycles. The number of nitrogens with zero attached hydrogens (tertiary/aromatic N) is 1. The van der Waals surface area contributed by atoms with Gasteiger partial charge in [0, 0.05) is 19.4 Å². The van der Waals surface area contributed by atoms with E-state index in [9.17, 15) is 15.3 Å². The Labute approximate surface area is 149 Å². The van der Waals surface area contributed by atoms with Crippen LogP contribution < -0.4 is 5.73 Å². The summed E-state index contributed by atoms with van der Waals surface area (Å²) in [5.74, 6) is -2.50. The second kappa shape index (κ2) is 7.96. The molecule has 8 nitrogen and oxygen atoms in total. The third-order valence-electron chi connectivity index (χ3n) is 5.54. The van der Waals surface area contributed by atoms with E-state index < -0.39 is 48.3 Å². The first-order valence-electron chi connectivity index (χ1n) is 8.82. The lowest BCUT2D eigenvalue weighted by Crippen LogP contribution is -2.68. The van der Waals surface area contributed by atoms with Gasteiger partial charge in [-0.2, -0.15) is 0 Å². The predicted octanol–water partition coefficient (Wildman–Crippen LogP) is -0.505. The van der Waals surface area contributed by atoms with E-state index in [0.29, 0.717) is 0 Å². The average Bonchev–Trinajstić information content (AvgIpc) is 2.77. The summed E-state index contributed by atoms with van der Waals surface area (Å²) in [5.41, 5.74) is 6.55. The molecule has 2 rings (SSSR count). The van der Waals surface area contributed by atoms with Gasteiger partial charge in [-0.3, -0.25) is 4.99 Å². The fourth-order valence-corrected chi connectivity index (χ4v) is 3.56. The summed E-state index contributed by atoms with van der Waals surface area (Å²) in [5, 5.41) is 30.6. The van der Waals surface area contributed by atoms with Gasteiger partial charge in [0.25, 0.3) is 0 Å². The second-order valence-electron chi connectivity index (χ2n) is 7.31. The molecule has 2 aliphatic rings. The Morgan fingerprint density at radius 3 is 2.48 bits per heavy atom. The lowest BCUT2D eigenvalue weighted by Gasteiger charge is -2.50. The minimum Gasteiger partial charge on any atom is -0.394 e. The Morgan fingerprint density at radius 2 is 2.00 bits per heavy atom. The van der Waals surface area contributed by atoms with Crippen molar-refractivity contribution in [2.24, 2.45) is 28.5 Å². The maximum atomic E-state index is 10.8. The van der Waals surface area contributed by atoms with Crippen molar-refractivity contribution in [2.75, 3.05) is 20.3 Å². The summed E-state index contributed by atoms with van der Waals surface area (Å²) in [7, 11) is 1.49. The van der Waals surface area contributed by atoms with Crippen molar-refractivity contribution in [3.05, 3.63) is 0 Å². The normalized spacial score (nSPS) is 40.7. The number of aliphatic imine (C=N–C) groups is 1. The third-order valence-corrected chi connectivity index (χ3v) is 5.54. The molecule has 1 saturated heterocycles. The average molecular weight is 360 g/mol. The van der Waals surface area contributed by atoms with Crippen molar-refractivity contribution in [2.45, 2.75) is 64.1 Å². The molecule has 0 aromatic rings. The fraction of sp³-hybridized carbons (Fsp3) is 0.941. The Kier molecular flexibility index (Phi) is 6.59. The van der Waals surface area contributed by atoms with Gasteiger partial charge in [0.15, 0.2) is 12.1 Å². The number of nitrogens with two attached hydrogens (primary N) is 1. The lowest BCUT2D eigenvalue weighted by atomic mass is 9.64. The molecule has 0 aromatic carbocycles. The lowest BCUT2D eigenvalue weighted by molar-refractivity contribution is -0.351. The van der Waals surface area contributed by atoms with Gasteiger partial charge < -0.3 is 35.3 Å². The standard InChI is InChI=1S/C17H32N2O6/c1-8(2)9(3)19-14-13-15(21)11(6-18)17(13,22)25-16(14)24-10(4)12(7-20)23-5/h8,10-16,20-22H,6-7,18H2,1-5H3. The molecule has 1 aliphatic heterocycles. The monoisotopic (exact) mass is 360 g/mol. The van der Waals surface area contributed by atoms with Gasteiger partial charge in [0.05, 0.1) is 30.7 Å². The first kappa shape index (κ1) is 20.7. The first-order chi connectivity index (χ1) is 11.7. The van der Waals surface area contributed by atoms with E-state index in [4.69, 9.17) is 19.9 Å². The van der Waals surface area contributed by atoms with Crippen molar-refractivity contribution >= 4 is 5.71 Å². The Bertz CT molecular complexity index is 484. The van der Waals surface area contributed by atoms with Crippen molar-refractivity contribution in [1.82, 2.24) is 0 Å². The van der Waals surface area contributed by atoms with E-state index in [2.05, 4.69) is 4.99 Å². The van der Waals surface area contributed by atoms with Gasteiger partial charge in [-0.25, -0.2) is 0 Å². The molecule has 25 heavy (non-hydrogen) atoms. The summed E-state index contributed by atoms with van der Waals surface area (Å²) in [6, 6.07) is -0.552. The minimum absolute atomic E-state index is 0.105. The quantitative estimate of drug-likeness (QED) is 0.430. The highest BCUT2D eigenvalue weighted by molar-refractivity contribution is 5.83. The predicted molar refractivity (Wildman–Crippen MR) is 92.0 cm³/mol. The molecule has 8 heteroatoms. The molecule has 0 amide bonds. The molecular formula is C17H32N2O6. The molecule has 146 valence electrons. The zero-order valence-corrected chi connectivity index (χ0v) is 15.6. The van der Waals surface area contributed by atoms with Gasteiger partial charge in [-0.15, -0.1) is 0 Å². The number of hydrogen-bond donors (Lipinski definition) is 4. The van der Waals surface area contributed by atoms with Crippen LogP contribution in [0.5, 0.6) is 0 Å². The van der Waals surface area contributed by atoms with Gasteiger partial charge in [-0.05, 0) is 19.8 Å². The van der Waals surface area contributed by atoms with Crippen LogP contribution in [0.1, 0.15) is 27.7 Å². The van der Waals surface area contributed by atoms with Crippen LogP contribution in [0.15, 0.2) is 4.99 Å². The third kappa shape index (κ3) is 3.62. The summed E-state index contributed by atoms with van der Waals surface area (Å²) in [6.45, 7) is 7.60. The highest BCUT2D eigenvalue weighted by atomic mass is 16.8. The van der Waals surface area contributed by atoms with Crippen LogP contribution in [-0.2, 0) is 14.2 Å². The number of rotatable bonds is 8. The smallest absolute Gasteiger partial charge is 0.184 e. The Morgan fingerprint density at radius 1 is 1.36 bits per heavy atom. The van der Waals surface area contributed by atoms with Gasteiger partial charge in [0.1, 0.15) is 12.1 Å². The van der Waals surface area contributed by atoms with Crippen LogP contribution in [0, 0.1) is 17.8 Å². The summed E-state index contributed by atoms with van der Waals surface area (Å²) in [6.07, 6.45) is -2.66. The van der Waals surface area contributed by atoms with Crippen molar-refractivity contribution < 1.29 is 29.5 Å². The molecule has 0 radical (unpaired) electrons. The highest BCUT2D eigenvalue weighted by Gasteiger charge is 2.71. The van der Waals surface area contributed by atoms with Crippen molar-refractivity contribution in [1.29, 1.82) is 0 Å². The van der Waals surface area contributed by atoms with Gasteiger partial charge in [0.2, 0.25) is 0 Å². The zero-order valence-electron chi connectivity index (χ0n) is 15.6. The van der Waals surface area contributed by atoms with E-state index in [1.54, 1.807) is 6.92 Å². The number of ether oxygens (including phenoxy) is 3. The topological polar surface area (TPSA) is 127 Å². The fourth-order valence-electron chi connectivity index (χ4n) is 3.56. The molecule has 8 unspecified atom stereocenters. The number of fused-ring (bicyclic) bond motifs is 1. The van der Waals surface area contributed by atoms with Crippen molar-refractivity contribution in [3.8, 4) is 0 Å². The van der Waals surface area contributed by atoms with Crippen LogP contribution >= 0.6 is 0 Å². The Hall–Kier alpha value is -0.610. The number of aliphatic hydroxyl groups excluding tert-OH is 2. The molecule has 0 spiro atoms. The maximum Gasteiger partial charge on any atom is 0.184 e. The van der Waals surface area contributed by atoms with E-state index in [0.717, 1.165) is 5.71 Å². The van der Waals surface area contributed by atoms with Gasteiger partial charge in [-0.1, -0.05) is 13.8 Å². The SMILES string of the molecule is COC(CO)C(C)OC1OC2(O)C(CN)C(O)C2C1N=C(C)C(C)C. The molecule has 1 aliphatic carbocycles. The summed E-state index contributed by atoms with van der Waals surface area (Å²) < 4.78 is 16.9. The van der Waals surface area contributed by atoms with E-state index >= 15 is 0 Å². The number of hydrogen-bond acceptors (Lipinski definition) is 8. The van der Waals surface area contributed by atoms with Crippen LogP contribution in [0.4, 0.5) is 0 Å². The minimum atomic E-state index is -1.55. The van der Waals surface area contributed by atoms with Crippen LogP contribution in [-0.4, -0.2) is 77.7 Å². The van der Waals surface area contributed by atoms with E-state index in [1.165, 1.54) is 7.11 Å². The second-order valence-corrected chi connectivity index (χ2v) is 7.31. The molecule has 1 heterocycles. The van der Waals surface area contributed by atoms with Crippen LogP contribution in [0.3, 0.4) is 0 Å². The molecule has 2 fully saturated rings. The van der Waals surface area contributed by atoms with Gasteiger partial charge >= 0.3 is 0 Å². The molecule has 1 saturated carbocycles. The molecule has 0 bridgehead atoms. The highest BCUT2D eigenvalue weighted by Crippen LogP contribution is 2.54. The Balaban J connectivity index is 2.25. The van der Waals surface area contributed by atoms with E-state index in [1.807, 2.05) is 20.8 Å². The van der Waals surface area contributed by atoms with Crippen LogP contribution in [0.2, 0.25) is 0 Å². The molecular weight excluding hydrogens is 328 g/mol. The molecule has 8 atom stereocenters. The summed E-state index contributed by atoms with van der Waals surface area (Å²) >= 11 is 0.